The topological polar surface area (TPSA) is 63.6 Å². The van der Waals surface area contributed by atoms with Gasteiger partial charge in [-0.1, -0.05) is 58.8 Å². The highest BCUT2D eigenvalue weighted by Crippen LogP contribution is 2.12. The average molecular weight is 375 g/mol. The highest BCUT2D eigenvalue weighted by atomic mass is 32.2. The molecule has 0 rings (SSSR count). The number of carboxylic acid groups (broad SMARTS) is 1. The molecule has 0 bridgehead atoms. The predicted octanol–water partition coefficient (Wildman–Crippen LogP) is 5.68. The number of esters is 1. The van der Waals surface area contributed by atoms with Crippen molar-refractivity contribution in [2.45, 2.75) is 90.9 Å². The lowest BCUT2D eigenvalue weighted by molar-refractivity contribution is -0.143. The third-order valence-corrected chi connectivity index (χ3v) is 5.19. The molecule has 25 heavy (non-hydrogen) atoms. The van der Waals surface area contributed by atoms with Gasteiger partial charge >= 0.3 is 11.9 Å². The Morgan fingerprint density at radius 3 is 2.00 bits per heavy atom. The van der Waals surface area contributed by atoms with Gasteiger partial charge in [0.15, 0.2) is 0 Å². The van der Waals surface area contributed by atoms with Crippen LogP contribution in [0.5, 0.6) is 0 Å². The minimum Gasteiger partial charge on any atom is -0.481 e. The summed E-state index contributed by atoms with van der Waals surface area (Å²) in [6, 6.07) is 0. The molecule has 0 aliphatic rings. The fraction of sp³-hybridized carbons (Fsp3) is 0.900. The molecule has 0 aliphatic heterocycles. The van der Waals surface area contributed by atoms with Gasteiger partial charge in [-0.25, -0.2) is 0 Å². The van der Waals surface area contributed by atoms with Gasteiger partial charge in [-0.2, -0.15) is 11.8 Å². The Balaban J connectivity index is 3.19. The minimum absolute atomic E-state index is 0.0974. The van der Waals surface area contributed by atoms with Crippen LogP contribution in [0.3, 0.4) is 0 Å². The number of ether oxygens (including phenoxy) is 1. The summed E-state index contributed by atoms with van der Waals surface area (Å²) in [5.41, 5.74) is 0. The van der Waals surface area contributed by atoms with Crippen molar-refractivity contribution >= 4 is 23.7 Å². The molecule has 0 fully saturated rings. The summed E-state index contributed by atoms with van der Waals surface area (Å²) in [7, 11) is 0. The Bertz CT molecular complexity index is 332. The van der Waals surface area contributed by atoms with E-state index < -0.39 is 5.97 Å². The van der Waals surface area contributed by atoms with E-state index in [4.69, 9.17) is 9.84 Å². The smallest absolute Gasteiger partial charge is 0.305 e. The highest BCUT2D eigenvalue weighted by Gasteiger charge is 2.03. The molecule has 0 aromatic heterocycles. The average Bonchev–Trinajstić information content (AvgIpc) is 2.55. The van der Waals surface area contributed by atoms with Gasteiger partial charge in [0.05, 0.1) is 6.61 Å². The number of carbonyl (C=O) groups excluding carboxylic acids is 1. The van der Waals surface area contributed by atoms with Crippen LogP contribution in [-0.4, -0.2) is 35.2 Å². The zero-order valence-electron chi connectivity index (χ0n) is 16.3. The van der Waals surface area contributed by atoms with E-state index >= 15 is 0 Å². The zero-order chi connectivity index (χ0) is 18.8. The molecule has 0 radical (unpaired) electrons. The second kappa shape index (κ2) is 18.1. The van der Waals surface area contributed by atoms with Gasteiger partial charge in [0.2, 0.25) is 0 Å². The molecule has 0 saturated heterocycles. The molecule has 1 N–H and O–H groups in total. The first-order valence-electron chi connectivity index (χ1n) is 9.97. The number of rotatable bonds is 18. The lowest BCUT2D eigenvalue weighted by Gasteiger charge is -2.06. The fourth-order valence-corrected chi connectivity index (χ4v) is 3.44. The van der Waals surface area contributed by atoms with Crippen LogP contribution in [0.15, 0.2) is 0 Å². The van der Waals surface area contributed by atoms with E-state index in [9.17, 15) is 9.59 Å². The number of thioether (sulfide) groups is 1. The number of aliphatic carboxylic acids is 1. The normalized spacial score (nSPS) is 11.0. The first-order valence-corrected chi connectivity index (χ1v) is 11.1. The molecule has 0 aliphatic carbocycles. The third kappa shape index (κ3) is 21.2. The first kappa shape index (κ1) is 24.3. The fourth-order valence-electron chi connectivity index (χ4n) is 2.54. The van der Waals surface area contributed by atoms with E-state index in [2.05, 4.69) is 13.8 Å². The lowest BCUT2D eigenvalue weighted by Crippen LogP contribution is -2.06. The van der Waals surface area contributed by atoms with E-state index in [1.807, 2.05) is 0 Å². The van der Waals surface area contributed by atoms with Crippen molar-refractivity contribution in [3.63, 3.8) is 0 Å². The van der Waals surface area contributed by atoms with Crippen molar-refractivity contribution < 1.29 is 19.4 Å². The lowest BCUT2D eigenvalue weighted by atomic mass is 10.0. The monoisotopic (exact) mass is 374 g/mol. The van der Waals surface area contributed by atoms with E-state index in [1.54, 1.807) is 11.8 Å². The molecule has 0 aromatic rings. The van der Waals surface area contributed by atoms with Gasteiger partial charge in [-0.05, 0) is 36.7 Å². The van der Waals surface area contributed by atoms with Crippen LogP contribution in [-0.2, 0) is 14.3 Å². The maximum atomic E-state index is 11.6. The standard InChI is InChI=1S/C20H38O4S/c1-18(2)12-8-6-4-3-5-7-9-15-24-20(23)14-11-17-25-16-10-13-19(21)22/h18H,3-17H2,1-2H3,(H,21,22). The van der Waals surface area contributed by atoms with Gasteiger partial charge in [-0.3, -0.25) is 9.59 Å². The van der Waals surface area contributed by atoms with Crippen LogP contribution in [0.25, 0.3) is 0 Å². The summed E-state index contributed by atoms with van der Waals surface area (Å²) in [4.78, 5) is 21.9. The van der Waals surface area contributed by atoms with Gasteiger partial charge < -0.3 is 9.84 Å². The van der Waals surface area contributed by atoms with Gasteiger partial charge in [0.25, 0.3) is 0 Å². The van der Waals surface area contributed by atoms with E-state index in [1.165, 1.54) is 38.5 Å². The molecule has 0 aromatic carbocycles. The number of carboxylic acids is 1. The zero-order valence-corrected chi connectivity index (χ0v) is 17.1. The first-order chi connectivity index (χ1) is 12.0. The summed E-state index contributed by atoms with van der Waals surface area (Å²) in [6.45, 7) is 5.11. The summed E-state index contributed by atoms with van der Waals surface area (Å²) in [5.74, 6) is 1.73. The van der Waals surface area contributed by atoms with Crippen LogP contribution >= 0.6 is 11.8 Å². The Labute approximate surface area is 158 Å². The minimum atomic E-state index is -0.740. The van der Waals surface area contributed by atoms with Crippen LogP contribution in [0, 0.1) is 5.92 Å². The highest BCUT2D eigenvalue weighted by molar-refractivity contribution is 7.99. The largest absolute Gasteiger partial charge is 0.481 e. The Morgan fingerprint density at radius 1 is 0.840 bits per heavy atom. The van der Waals surface area contributed by atoms with Crippen LogP contribution in [0.2, 0.25) is 0 Å². The van der Waals surface area contributed by atoms with Gasteiger partial charge in [-0.15, -0.1) is 0 Å². The molecule has 4 nitrogen and oxygen atoms in total. The molecular weight excluding hydrogens is 336 g/mol. The summed E-state index contributed by atoms with van der Waals surface area (Å²) in [6.07, 6.45) is 12.3. The van der Waals surface area contributed by atoms with Crippen LogP contribution < -0.4 is 0 Å². The maximum Gasteiger partial charge on any atom is 0.305 e. The molecular formula is C20H38O4S. The summed E-state index contributed by atoms with van der Waals surface area (Å²) >= 11 is 1.71. The Hall–Kier alpha value is -0.710. The molecule has 5 heteroatoms. The molecule has 0 saturated carbocycles. The Kier molecular flexibility index (Phi) is 17.6. The molecule has 0 unspecified atom stereocenters. The second-order valence-corrected chi connectivity index (χ2v) is 8.32. The maximum absolute atomic E-state index is 11.6. The number of hydrogen-bond acceptors (Lipinski definition) is 4. The molecule has 0 atom stereocenters. The van der Waals surface area contributed by atoms with Crippen molar-refractivity contribution in [2.75, 3.05) is 18.1 Å². The van der Waals surface area contributed by atoms with Crippen molar-refractivity contribution in [3.8, 4) is 0 Å². The second-order valence-electron chi connectivity index (χ2n) is 7.09. The number of hydrogen-bond donors (Lipinski definition) is 1. The van der Waals surface area contributed by atoms with Crippen molar-refractivity contribution in [1.82, 2.24) is 0 Å². The molecule has 0 spiro atoms. The van der Waals surface area contributed by atoms with E-state index in [-0.39, 0.29) is 12.4 Å². The summed E-state index contributed by atoms with van der Waals surface area (Å²) in [5, 5.41) is 8.52. The summed E-state index contributed by atoms with van der Waals surface area (Å²) < 4.78 is 5.25. The SMILES string of the molecule is CC(C)CCCCCCCCCOC(=O)CCCSCCCC(=O)O. The number of unbranched alkanes of at least 4 members (excludes halogenated alkanes) is 6. The predicted molar refractivity (Wildman–Crippen MR) is 106 cm³/mol. The molecule has 0 heterocycles. The quantitative estimate of drug-likeness (QED) is 0.247. The van der Waals surface area contributed by atoms with Crippen LogP contribution in [0.1, 0.15) is 90.9 Å². The Morgan fingerprint density at radius 2 is 1.40 bits per heavy atom. The van der Waals surface area contributed by atoms with Crippen molar-refractivity contribution in [2.24, 2.45) is 5.92 Å². The van der Waals surface area contributed by atoms with Crippen molar-refractivity contribution in [1.29, 1.82) is 0 Å². The number of carbonyl (C=O) groups is 2. The van der Waals surface area contributed by atoms with E-state index in [0.29, 0.717) is 19.4 Å². The van der Waals surface area contributed by atoms with Crippen LogP contribution in [0.4, 0.5) is 0 Å². The molecule has 148 valence electrons. The molecule has 0 amide bonds. The third-order valence-electron chi connectivity index (χ3n) is 4.04. The van der Waals surface area contributed by atoms with E-state index in [0.717, 1.165) is 36.7 Å². The van der Waals surface area contributed by atoms with Gasteiger partial charge in [0.1, 0.15) is 0 Å². The van der Waals surface area contributed by atoms with Gasteiger partial charge in [0, 0.05) is 12.8 Å². The van der Waals surface area contributed by atoms with Crippen molar-refractivity contribution in [3.05, 3.63) is 0 Å².